The summed E-state index contributed by atoms with van der Waals surface area (Å²) in [6.07, 6.45) is 0. The number of benzene rings is 11. The van der Waals surface area contributed by atoms with E-state index in [9.17, 15) is 0 Å². The molecular weight excluding hydrogens is 833 g/mol. The average molecular weight is 879 g/mol. The van der Waals surface area contributed by atoms with E-state index >= 15 is 0 Å². The van der Waals surface area contributed by atoms with Gasteiger partial charge in [-0.2, -0.15) is 0 Å². The standard InChI is InChI=1S/C67H46N2/c1-5-17-47(18-6-1)48-29-31-49(32-30-48)50-33-38-56(39-34-50)68(57-40-35-51(36-41-57)52-37-44-66-62(45-52)61-26-14-16-28-65(61)69(66)55-23-11-4-12-24-55)58-42-43-60-59-25-13-15-27-63(59)67(64(60)46-58,53-19-7-2-8-20-53)54-21-9-3-10-22-54/h1-46H. The van der Waals surface area contributed by atoms with E-state index in [0.717, 1.165) is 22.7 Å². The van der Waals surface area contributed by atoms with Gasteiger partial charge in [0.25, 0.3) is 0 Å². The zero-order valence-corrected chi connectivity index (χ0v) is 38.0. The Morgan fingerprint density at radius 1 is 0.275 bits per heavy atom. The van der Waals surface area contributed by atoms with Gasteiger partial charge in [0.1, 0.15) is 0 Å². The topological polar surface area (TPSA) is 8.17 Å². The largest absolute Gasteiger partial charge is 0.310 e. The number of anilines is 3. The molecule has 13 rings (SSSR count). The molecule has 0 saturated carbocycles. The summed E-state index contributed by atoms with van der Waals surface area (Å²) in [6, 6.07) is 102. The first-order valence-corrected chi connectivity index (χ1v) is 23.8. The van der Waals surface area contributed by atoms with Crippen molar-refractivity contribution in [2.24, 2.45) is 0 Å². The van der Waals surface area contributed by atoms with Crippen molar-refractivity contribution in [2.45, 2.75) is 5.41 Å². The summed E-state index contributed by atoms with van der Waals surface area (Å²) in [5, 5.41) is 2.49. The number of hydrogen-bond donors (Lipinski definition) is 0. The van der Waals surface area contributed by atoms with Crippen LogP contribution in [0.5, 0.6) is 0 Å². The molecule has 0 bridgehead atoms. The van der Waals surface area contributed by atoms with Crippen molar-refractivity contribution in [1.82, 2.24) is 4.57 Å². The van der Waals surface area contributed by atoms with Crippen LogP contribution < -0.4 is 4.90 Å². The van der Waals surface area contributed by atoms with E-state index in [1.807, 2.05) is 0 Å². The van der Waals surface area contributed by atoms with Crippen molar-refractivity contribution in [3.05, 3.63) is 301 Å². The second kappa shape index (κ2) is 16.7. The van der Waals surface area contributed by atoms with Crippen LogP contribution in [0.4, 0.5) is 17.1 Å². The number of aromatic nitrogens is 1. The fraction of sp³-hybridized carbons (Fsp3) is 0.0149. The molecule has 2 heteroatoms. The lowest BCUT2D eigenvalue weighted by molar-refractivity contribution is 0.768. The Bertz CT molecular complexity index is 3740. The third-order valence-electron chi connectivity index (χ3n) is 14.3. The SMILES string of the molecule is c1ccc(-c2ccc(-c3ccc(N(c4ccc(-c5ccc6c(c5)c5ccccc5n6-c5ccccc5)cc4)c4ccc5c(c4)C(c4ccccc4)(c4ccccc4)c4ccccc4-5)cc3)cc2)cc1. The predicted molar refractivity (Wildman–Crippen MR) is 289 cm³/mol. The zero-order chi connectivity index (χ0) is 45.7. The maximum atomic E-state index is 2.45. The molecule has 0 amide bonds. The van der Waals surface area contributed by atoms with Crippen LogP contribution >= 0.6 is 0 Å². The van der Waals surface area contributed by atoms with Gasteiger partial charge >= 0.3 is 0 Å². The third kappa shape index (κ3) is 6.72. The molecule has 12 aromatic rings. The summed E-state index contributed by atoms with van der Waals surface area (Å²) in [6.45, 7) is 0. The summed E-state index contributed by atoms with van der Waals surface area (Å²) < 4.78 is 2.37. The minimum atomic E-state index is -0.516. The molecule has 0 fully saturated rings. The highest BCUT2D eigenvalue weighted by Crippen LogP contribution is 2.57. The summed E-state index contributed by atoms with van der Waals surface area (Å²) in [5.41, 5.74) is 21.1. The minimum Gasteiger partial charge on any atom is -0.310 e. The molecule has 69 heavy (non-hydrogen) atoms. The summed E-state index contributed by atoms with van der Waals surface area (Å²) >= 11 is 0. The second-order valence-electron chi connectivity index (χ2n) is 18.1. The van der Waals surface area contributed by atoms with Crippen LogP contribution in [0, 0.1) is 0 Å². The minimum absolute atomic E-state index is 0.516. The molecule has 0 atom stereocenters. The molecule has 2 nitrogen and oxygen atoms in total. The molecule has 324 valence electrons. The van der Waals surface area contributed by atoms with Crippen molar-refractivity contribution >= 4 is 38.9 Å². The third-order valence-corrected chi connectivity index (χ3v) is 14.3. The Balaban J connectivity index is 0.946. The first-order valence-electron chi connectivity index (χ1n) is 23.8. The summed E-state index contributed by atoms with van der Waals surface area (Å²) in [4.78, 5) is 2.42. The lowest BCUT2D eigenvalue weighted by Crippen LogP contribution is -2.28. The van der Waals surface area contributed by atoms with Gasteiger partial charge in [-0.05, 0) is 133 Å². The predicted octanol–water partition coefficient (Wildman–Crippen LogP) is 17.6. The highest BCUT2D eigenvalue weighted by molar-refractivity contribution is 6.10. The second-order valence-corrected chi connectivity index (χ2v) is 18.1. The molecule has 0 unspecified atom stereocenters. The fourth-order valence-corrected chi connectivity index (χ4v) is 11.1. The number of fused-ring (bicyclic) bond motifs is 6. The van der Waals surface area contributed by atoms with Crippen molar-refractivity contribution < 1.29 is 0 Å². The van der Waals surface area contributed by atoms with Gasteiger partial charge in [0.05, 0.1) is 16.4 Å². The van der Waals surface area contributed by atoms with E-state index in [0.29, 0.717) is 0 Å². The first-order chi connectivity index (χ1) is 34.2. The van der Waals surface area contributed by atoms with Gasteiger partial charge in [0, 0.05) is 33.5 Å². The van der Waals surface area contributed by atoms with E-state index in [2.05, 4.69) is 289 Å². The molecular formula is C67H46N2. The van der Waals surface area contributed by atoms with Crippen molar-refractivity contribution in [1.29, 1.82) is 0 Å². The maximum Gasteiger partial charge on any atom is 0.0714 e. The van der Waals surface area contributed by atoms with E-state index in [1.54, 1.807) is 0 Å². The average Bonchev–Trinajstić information content (AvgIpc) is 3.92. The quantitative estimate of drug-likeness (QED) is 0.140. The Kier molecular flexibility index (Phi) is 9.77. The van der Waals surface area contributed by atoms with E-state index in [-0.39, 0.29) is 0 Å². The monoisotopic (exact) mass is 878 g/mol. The van der Waals surface area contributed by atoms with Crippen molar-refractivity contribution in [3.8, 4) is 50.2 Å². The van der Waals surface area contributed by atoms with Gasteiger partial charge in [-0.25, -0.2) is 0 Å². The summed E-state index contributed by atoms with van der Waals surface area (Å²) in [7, 11) is 0. The van der Waals surface area contributed by atoms with Gasteiger partial charge in [0.15, 0.2) is 0 Å². The van der Waals surface area contributed by atoms with Gasteiger partial charge in [0.2, 0.25) is 0 Å². The van der Waals surface area contributed by atoms with Crippen LogP contribution in [0.25, 0.3) is 72.0 Å². The molecule has 1 aromatic heterocycles. The number of hydrogen-bond acceptors (Lipinski definition) is 1. The molecule has 1 aliphatic rings. The molecule has 0 radical (unpaired) electrons. The van der Waals surface area contributed by atoms with Crippen molar-refractivity contribution in [2.75, 3.05) is 4.90 Å². The summed E-state index contributed by atoms with van der Waals surface area (Å²) in [5.74, 6) is 0. The Morgan fingerprint density at radius 2 is 0.710 bits per heavy atom. The molecule has 1 heterocycles. The maximum absolute atomic E-state index is 2.45. The lowest BCUT2D eigenvalue weighted by atomic mass is 9.67. The van der Waals surface area contributed by atoms with Gasteiger partial charge in [-0.3, -0.25) is 0 Å². The molecule has 0 N–H and O–H groups in total. The van der Waals surface area contributed by atoms with Crippen LogP contribution in [-0.2, 0) is 5.41 Å². The highest BCUT2D eigenvalue weighted by atomic mass is 15.1. The molecule has 0 saturated heterocycles. The normalized spacial score (nSPS) is 12.5. The van der Waals surface area contributed by atoms with Crippen molar-refractivity contribution in [3.63, 3.8) is 0 Å². The Hall–Kier alpha value is -8.98. The van der Waals surface area contributed by atoms with Crippen LogP contribution in [0.2, 0.25) is 0 Å². The van der Waals surface area contributed by atoms with Gasteiger partial charge in [-0.15, -0.1) is 0 Å². The highest BCUT2D eigenvalue weighted by Gasteiger charge is 2.46. The number of nitrogens with zero attached hydrogens (tertiary/aromatic N) is 2. The van der Waals surface area contributed by atoms with Crippen LogP contribution in [0.1, 0.15) is 22.3 Å². The van der Waals surface area contributed by atoms with Crippen LogP contribution in [0.3, 0.4) is 0 Å². The molecule has 0 spiro atoms. The van der Waals surface area contributed by atoms with E-state index in [4.69, 9.17) is 0 Å². The zero-order valence-electron chi connectivity index (χ0n) is 38.0. The molecule has 0 aliphatic heterocycles. The fourth-order valence-electron chi connectivity index (χ4n) is 11.1. The number of para-hydroxylation sites is 2. The van der Waals surface area contributed by atoms with Gasteiger partial charge < -0.3 is 9.47 Å². The van der Waals surface area contributed by atoms with Gasteiger partial charge in [-0.1, -0.05) is 212 Å². The molecule has 1 aliphatic carbocycles. The van der Waals surface area contributed by atoms with Crippen LogP contribution in [0.15, 0.2) is 279 Å². The van der Waals surface area contributed by atoms with E-state index < -0.39 is 5.41 Å². The number of rotatable bonds is 9. The Labute approximate surface area is 403 Å². The van der Waals surface area contributed by atoms with Crippen LogP contribution in [-0.4, -0.2) is 4.57 Å². The smallest absolute Gasteiger partial charge is 0.0714 e. The molecule has 11 aromatic carbocycles. The lowest BCUT2D eigenvalue weighted by Gasteiger charge is -2.35. The Morgan fingerprint density at radius 3 is 1.33 bits per heavy atom. The first kappa shape index (κ1) is 40.3. The van der Waals surface area contributed by atoms with E-state index in [1.165, 1.54) is 88.6 Å².